The van der Waals surface area contributed by atoms with Crippen LogP contribution in [0.5, 0.6) is 5.75 Å². The zero-order chi connectivity index (χ0) is 20.1. The first-order valence-electron chi connectivity index (χ1n) is 10.3. The topological polar surface area (TPSA) is 53.6 Å². The lowest BCUT2D eigenvalue weighted by molar-refractivity contribution is -0.119. The molecule has 152 valence electrons. The summed E-state index contributed by atoms with van der Waals surface area (Å²) in [4.78, 5) is 14.3. The van der Waals surface area contributed by atoms with Crippen LogP contribution in [0.2, 0.25) is 5.02 Å². The van der Waals surface area contributed by atoms with Crippen molar-refractivity contribution in [3.8, 4) is 5.75 Å². The molecule has 1 saturated heterocycles. The molecule has 2 N–H and O–H groups in total. The molecule has 29 heavy (non-hydrogen) atoms. The third kappa shape index (κ3) is 3.31. The van der Waals surface area contributed by atoms with E-state index >= 15 is 0 Å². The number of nitrogens with zero attached hydrogens (tertiary/aromatic N) is 1. The minimum atomic E-state index is 0.171. The van der Waals surface area contributed by atoms with Crippen LogP contribution in [0.4, 0.5) is 5.69 Å². The lowest BCUT2D eigenvalue weighted by atomic mass is 9.97. The van der Waals surface area contributed by atoms with Crippen LogP contribution in [0.25, 0.3) is 0 Å². The van der Waals surface area contributed by atoms with Crippen molar-refractivity contribution in [3.05, 3.63) is 58.1 Å². The summed E-state index contributed by atoms with van der Waals surface area (Å²) >= 11 is 6.19. The van der Waals surface area contributed by atoms with Crippen molar-refractivity contribution in [1.29, 1.82) is 0 Å². The predicted molar refractivity (Wildman–Crippen MR) is 115 cm³/mol. The van der Waals surface area contributed by atoms with Crippen LogP contribution >= 0.6 is 11.6 Å². The van der Waals surface area contributed by atoms with E-state index in [0.29, 0.717) is 18.5 Å². The molecule has 0 bridgehead atoms. The quantitative estimate of drug-likeness (QED) is 0.789. The number of benzene rings is 2. The second-order valence-electron chi connectivity index (χ2n) is 8.33. The van der Waals surface area contributed by atoms with Crippen LogP contribution in [-0.4, -0.2) is 32.7 Å². The lowest BCUT2D eigenvalue weighted by Crippen LogP contribution is -2.34. The number of methoxy groups -OCH3 is 1. The Morgan fingerprint density at radius 3 is 2.93 bits per heavy atom. The zero-order valence-electron chi connectivity index (χ0n) is 16.7. The Bertz CT molecular complexity index is 963. The molecule has 2 unspecified atom stereocenters. The SMILES string of the molecule is COc1cc2c(cc1CNC1CCNC1c1cccc(Cl)c1)N(C)C(=O)[C@@H]1C[C@H]21. The molecule has 2 aromatic carbocycles. The molecule has 5 nitrogen and oxygen atoms in total. The van der Waals surface area contributed by atoms with E-state index in [1.165, 1.54) is 11.1 Å². The molecule has 2 heterocycles. The molecule has 0 spiro atoms. The Kier molecular flexibility index (Phi) is 4.77. The first kappa shape index (κ1) is 18.9. The summed E-state index contributed by atoms with van der Waals surface area (Å²) in [7, 11) is 3.61. The molecule has 0 aromatic heterocycles. The van der Waals surface area contributed by atoms with Crippen LogP contribution in [0.15, 0.2) is 36.4 Å². The van der Waals surface area contributed by atoms with E-state index in [-0.39, 0.29) is 17.9 Å². The summed E-state index contributed by atoms with van der Waals surface area (Å²) in [6, 6.07) is 12.9. The number of hydrogen-bond donors (Lipinski definition) is 2. The molecule has 5 rings (SSSR count). The number of carbonyl (C=O) groups is 1. The number of halogens is 1. The van der Waals surface area contributed by atoms with Gasteiger partial charge in [-0.05, 0) is 60.7 Å². The molecular formula is C23H26ClN3O2. The molecule has 4 atom stereocenters. The van der Waals surface area contributed by atoms with E-state index in [1.807, 2.05) is 30.1 Å². The average Bonchev–Trinajstić information content (AvgIpc) is 3.40. The van der Waals surface area contributed by atoms with Crippen molar-refractivity contribution >= 4 is 23.2 Å². The number of ether oxygens (including phenoxy) is 1. The second kappa shape index (κ2) is 7.31. The van der Waals surface area contributed by atoms with Crippen molar-refractivity contribution in [2.24, 2.45) is 5.92 Å². The van der Waals surface area contributed by atoms with Crippen molar-refractivity contribution in [2.45, 2.75) is 37.4 Å². The Labute approximate surface area is 176 Å². The van der Waals surface area contributed by atoms with Crippen LogP contribution in [0.1, 0.15) is 41.5 Å². The second-order valence-corrected chi connectivity index (χ2v) is 8.77. The fourth-order valence-electron chi connectivity index (χ4n) is 4.94. The number of hydrogen-bond acceptors (Lipinski definition) is 4. The minimum absolute atomic E-state index is 0.171. The third-order valence-corrected chi connectivity index (χ3v) is 6.85. The van der Waals surface area contributed by atoms with E-state index in [4.69, 9.17) is 16.3 Å². The van der Waals surface area contributed by atoms with Gasteiger partial charge in [0.05, 0.1) is 7.11 Å². The summed E-state index contributed by atoms with van der Waals surface area (Å²) < 4.78 is 5.71. The van der Waals surface area contributed by atoms with Gasteiger partial charge in [0.25, 0.3) is 0 Å². The summed E-state index contributed by atoms with van der Waals surface area (Å²) in [5, 5.41) is 8.05. The molecule has 1 saturated carbocycles. The third-order valence-electron chi connectivity index (χ3n) is 6.61. The Balaban J connectivity index is 1.37. The normalized spacial score (nSPS) is 27.6. The van der Waals surface area contributed by atoms with Gasteiger partial charge in [0, 0.05) is 47.9 Å². The first-order chi connectivity index (χ1) is 14.1. The minimum Gasteiger partial charge on any atom is -0.496 e. The highest BCUT2D eigenvalue weighted by molar-refractivity contribution is 6.30. The van der Waals surface area contributed by atoms with Crippen molar-refractivity contribution < 1.29 is 9.53 Å². The van der Waals surface area contributed by atoms with Crippen molar-refractivity contribution in [1.82, 2.24) is 10.6 Å². The maximum Gasteiger partial charge on any atom is 0.230 e. The fourth-order valence-corrected chi connectivity index (χ4v) is 5.14. The fraction of sp³-hybridized carbons (Fsp3) is 0.435. The Morgan fingerprint density at radius 1 is 1.28 bits per heavy atom. The van der Waals surface area contributed by atoms with Crippen LogP contribution in [0.3, 0.4) is 0 Å². The summed E-state index contributed by atoms with van der Waals surface area (Å²) in [6.07, 6.45) is 2.01. The number of nitrogens with one attached hydrogen (secondary N) is 2. The monoisotopic (exact) mass is 411 g/mol. The predicted octanol–water partition coefficient (Wildman–Crippen LogP) is 3.62. The largest absolute Gasteiger partial charge is 0.496 e. The van der Waals surface area contributed by atoms with Crippen LogP contribution in [-0.2, 0) is 11.3 Å². The van der Waals surface area contributed by atoms with E-state index in [1.54, 1.807) is 7.11 Å². The summed E-state index contributed by atoms with van der Waals surface area (Å²) in [5.41, 5.74) is 4.57. The maximum atomic E-state index is 12.4. The molecule has 3 aliphatic rings. The van der Waals surface area contributed by atoms with E-state index in [9.17, 15) is 4.79 Å². The van der Waals surface area contributed by atoms with Crippen molar-refractivity contribution in [2.75, 3.05) is 25.6 Å². The molecule has 6 heteroatoms. The highest BCUT2D eigenvalue weighted by Gasteiger charge is 2.50. The molecule has 2 fully saturated rings. The van der Waals surface area contributed by atoms with Gasteiger partial charge in [-0.15, -0.1) is 0 Å². The highest BCUT2D eigenvalue weighted by Crippen LogP contribution is 2.56. The average molecular weight is 412 g/mol. The number of carbonyl (C=O) groups excluding carboxylic acids is 1. The van der Waals surface area contributed by atoms with Gasteiger partial charge in [0.1, 0.15) is 5.75 Å². The number of fused-ring (bicyclic) bond motifs is 3. The number of amides is 1. The molecule has 1 amide bonds. The van der Waals surface area contributed by atoms with Gasteiger partial charge in [0.2, 0.25) is 5.91 Å². The van der Waals surface area contributed by atoms with Gasteiger partial charge in [-0.2, -0.15) is 0 Å². The van der Waals surface area contributed by atoms with Gasteiger partial charge in [-0.1, -0.05) is 23.7 Å². The molecule has 2 aromatic rings. The summed E-state index contributed by atoms with van der Waals surface area (Å²) in [6.45, 7) is 1.66. The van der Waals surface area contributed by atoms with Crippen molar-refractivity contribution in [3.63, 3.8) is 0 Å². The van der Waals surface area contributed by atoms with Gasteiger partial charge in [-0.3, -0.25) is 4.79 Å². The first-order valence-corrected chi connectivity index (χ1v) is 10.6. The van der Waals surface area contributed by atoms with E-state index in [0.717, 1.165) is 41.4 Å². The Hall–Kier alpha value is -2.08. The van der Waals surface area contributed by atoms with Crippen LogP contribution < -0.4 is 20.3 Å². The maximum absolute atomic E-state index is 12.4. The van der Waals surface area contributed by atoms with Crippen LogP contribution in [0, 0.1) is 5.92 Å². The highest BCUT2D eigenvalue weighted by atomic mass is 35.5. The van der Waals surface area contributed by atoms with Gasteiger partial charge >= 0.3 is 0 Å². The standard InChI is InChI=1S/C23H26ClN3O2/c1-27-20-9-14(21(29-2)11-17(20)16-10-18(16)23(27)28)12-26-19-6-7-25-22(19)13-4-3-5-15(24)8-13/h3-5,8-9,11,16,18-19,22,25-26H,6-7,10,12H2,1-2H3/t16-,18-,19?,22?/m1/s1. The molecular weight excluding hydrogens is 386 g/mol. The van der Waals surface area contributed by atoms with Gasteiger partial charge in [-0.25, -0.2) is 0 Å². The summed E-state index contributed by atoms with van der Waals surface area (Å²) in [5.74, 6) is 1.68. The zero-order valence-corrected chi connectivity index (χ0v) is 17.5. The smallest absolute Gasteiger partial charge is 0.230 e. The lowest BCUT2D eigenvalue weighted by Gasteiger charge is -2.28. The Morgan fingerprint density at radius 2 is 2.14 bits per heavy atom. The molecule has 2 aliphatic heterocycles. The molecule has 1 aliphatic carbocycles. The molecule has 0 radical (unpaired) electrons. The van der Waals surface area contributed by atoms with Gasteiger partial charge < -0.3 is 20.3 Å². The van der Waals surface area contributed by atoms with E-state index < -0.39 is 0 Å². The number of anilines is 1. The van der Waals surface area contributed by atoms with Gasteiger partial charge in [0.15, 0.2) is 0 Å². The van der Waals surface area contributed by atoms with E-state index in [2.05, 4.69) is 28.8 Å². The number of rotatable bonds is 5.